The van der Waals surface area contributed by atoms with E-state index in [-0.39, 0.29) is 27.9 Å². The number of pyridine rings is 1. The number of thioether (sulfide) groups is 1. The molecule has 3 aromatic carbocycles. The van der Waals surface area contributed by atoms with Gasteiger partial charge in [0.25, 0.3) is 21.6 Å². The highest BCUT2D eigenvalue weighted by Gasteiger charge is 2.25. The zero-order chi connectivity index (χ0) is 34.8. The number of amides is 1. The summed E-state index contributed by atoms with van der Waals surface area (Å²) >= 11 is 1.63. The Kier molecular flexibility index (Phi) is 12.1. The molecule has 0 unspecified atom stereocenters. The summed E-state index contributed by atoms with van der Waals surface area (Å²) in [6.07, 6.45) is 8.28. The molecule has 5 rings (SSSR count). The Morgan fingerprint density at radius 3 is 2.43 bits per heavy atom. The van der Waals surface area contributed by atoms with Crippen molar-refractivity contribution >= 4 is 50.8 Å². The van der Waals surface area contributed by atoms with Crippen LogP contribution in [0.1, 0.15) is 35.2 Å². The largest absolute Gasteiger partial charge is 0.376 e. The molecule has 1 amide bonds. The average Bonchev–Trinajstić information content (AvgIpc) is 3.10. The lowest BCUT2D eigenvalue weighted by molar-refractivity contribution is -0.384. The first kappa shape index (κ1) is 35.6. The Bertz CT molecular complexity index is 1860. The van der Waals surface area contributed by atoms with Crippen LogP contribution in [0.25, 0.3) is 6.08 Å². The molecule has 2 N–H and O–H groups in total. The first-order chi connectivity index (χ1) is 23.6. The molecular weight excluding hydrogens is 661 g/mol. The molecule has 0 saturated carbocycles. The van der Waals surface area contributed by atoms with E-state index in [1.165, 1.54) is 17.7 Å². The number of benzene rings is 3. The SMILES string of the molecule is CN(C)CC[C@H](CSc1ccccc1)Nc1ccc(S(=O)(=O)NC(=O)c2ccc(N3CCC(=Cc4cccnc4)CC3)cc2)cc1[N+](=O)[O-]. The highest BCUT2D eigenvalue weighted by molar-refractivity contribution is 7.99. The summed E-state index contributed by atoms with van der Waals surface area (Å²) in [6.45, 7) is 2.39. The standard InChI is InChI=1S/C36H40N6O5S2/c1-40(2)20-18-30(26-48-32-8-4-3-5-9-32)38-34-15-14-33(24-35(34)42(44)45)49(46,47)39-36(43)29-10-12-31(13-11-29)41-21-16-27(17-22-41)23-28-7-6-19-37-25-28/h3-15,19,23-25,30,38H,16-18,20-22,26H2,1-2H3,(H,39,43)/t30-/m1/s1. The molecule has 49 heavy (non-hydrogen) atoms. The molecule has 1 aliphatic heterocycles. The molecule has 2 heterocycles. The van der Waals surface area contributed by atoms with E-state index in [0.717, 1.165) is 54.7 Å². The van der Waals surface area contributed by atoms with Crippen LogP contribution < -0.4 is 14.9 Å². The van der Waals surface area contributed by atoms with E-state index in [9.17, 15) is 23.3 Å². The lowest BCUT2D eigenvalue weighted by Gasteiger charge is -2.30. The summed E-state index contributed by atoms with van der Waals surface area (Å²) in [5, 5.41) is 15.4. The third-order valence-corrected chi connectivity index (χ3v) is 10.6. The smallest absolute Gasteiger partial charge is 0.293 e. The molecule has 1 aromatic heterocycles. The fourth-order valence-electron chi connectivity index (χ4n) is 5.45. The number of hydrogen-bond donors (Lipinski definition) is 2. The molecular formula is C36H40N6O5S2. The number of aromatic nitrogens is 1. The third kappa shape index (κ3) is 10.1. The van der Waals surface area contributed by atoms with Gasteiger partial charge in [-0.15, -0.1) is 11.8 Å². The van der Waals surface area contributed by atoms with E-state index in [4.69, 9.17) is 0 Å². The lowest BCUT2D eigenvalue weighted by atomic mass is 10.0. The predicted octanol–water partition coefficient (Wildman–Crippen LogP) is 6.32. The first-order valence-electron chi connectivity index (χ1n) is 16.0. The molecule has 1 atom stereocenters. The normalized spacial score (nSPS) is 13.9. The van der Waals surface area contributed by atoms with E-state index in [0.29, 0.717) is 12.2 Å². The summed E-state index contributed by atoms with van der Waals surface area (Å²) in [6, 6.07) is 24.1. The van der Waals surface area contributed by atoms with Gasteiger partial charge >= 0.3 is 0 Å². The molecule has 0 radical (unpaired) electrons. The van der Waals surface area contributed by atoms with Crippen molar-refractivity contribution in [3.05, 3.63) is 124 Å². The minimum atomic E-state index is -4.40. The monoisotopic (exact) mass is 700 g/mol. The van der Waals surface area contributed by atoms with E-state index in [2.05, 4.69) is 26.0 Å². The molecule has 11 nitrogen and oxygen atoms in total. The molecule has 4 aromatic rings. The minimum absolute atomic E-state index is 0.133. The van der Waals surface area contributed by atoms with Crippen LogP contribution in [0.4, 0.5) is 17.1 Å². The van der Waals surface area contributed by atoms with Gasteiger partial charge < -0.3 is 15.1 Å². The Morgan fingerprint density at radius 2 is 1.78 bits per heavy atom. The van der Waals surface area contributed by atoms with Crippen molar-refractivity contribution in [2.24, 2.45) is 0 Å². The van der Waals surface area contributed by atoms with Crippen LogP contribution in [0.15, 0.2) is 113 Å². The summed E-state index contributed by atoms with van der Waals surface area (Å²) in [5.74, 6) is -0.176. The van der Waals surface area contributed by atoms with E-state index in [1.54, 1.807) is 42.2 Å². The molecule has 0 spiro atoms. The van der Waals surface area contributed by atoms with Crippen LogP contribution in [-0.2, 0) is 10.0 Å². The third-order valence-electron chi connectivity index (χ3n) is 8.14. The molecule has 1 fully saturated rings. The summed E-state index contributed by atoms with van der Waals surface area (Å²) in [7, 11) is -0.487. The second-order valence-corrected chi connectivity index (χ2v) is 14.8. The number of hydrogen-bond acceptors (Lipinski definition) is 10. The van der Waals surface area contributed by atoms with Crippen LogP contribution >= 0.6 is 11.8 Å². The second-order valence-electron chi connectivity index (χ2n) is 12.1. The molecule has 256 valence electrons. The molecule has 0 aliphatic carbocycles. The van der Waals surface area contributed by atoms with Gasteiger partial charge in [-0.05, 0) is 100 Å². The number of piperidine rings is 1. The quantitative estimate of drug-likeness (QED) is 0.0874. The number of nitro benzene ring substituents is 1. The fourth-order valence-corrected chi connectivity index (χ4v) is 7.44. The number of nitro groups is 1. The molecule has 0 bridgehead atoms. The van der Waals surface area contributed by atoms with E-state index >= 15 is 0 Å². The number of carbonyl (C=O) groups is 1. The van der Waals surface area contributed by atoms with Gasteiger partial charge in [-0.25, -0.2) is 13.1 Å². The van der Waals surface area contributed by atoms with Crippen molar-refractivity contribution < 1.29 is 18.1 Å². The van der Waals surface area contributed by atoms with Gasteiger partial charge in [0.05, 0.1) is 9.82 Å². The van der Waals surface area contributed by atoms with Crippen molar-refractivity contribution in [2.45, 2.75) is 35.1 Å². The maximum Gasteiger partial charge on any atom is 0.293 e. The Hall–Kier alpha value is -4.72. The second kappa shape index (κ2) is 16.6. The summed E-state index contributed by atoms with van der Waals surface area (Å²) < 4.78 is 28.5. The molecule has 1 saturated heterocycles. The highest BCUT2D eigenvalue weighted by atomic mass is 32.2. The zero-order valence-corrected chi connectivity index (χ0v) is 29.1. The Labute approximate surface area is 291 Å². The number of anilines is 2. The summed E-state index contributed by atoms with van der Waals surface area (Å²) in [5.41, 5.74) is 3.34. The molecule has 1 aliphatic rings. The van der Waals surface area contributed by atoms with Gasteiger partial charge in [-0.3, -0.25) is 19.9 Å². The van der Waals surface area contributed by atoms with Crippen molar-refractivity contribution in [1.29, 1.82) is 0 Å². The van der Waals surface area contributed by atoms with Crippen LogP contribution in [0.2, 0.25) is 0 Å². The van der Waals surface area contributed by atoms with Gasteiger partial charge in [0.1, 0.15) is 5.69 Å². The topological polar surface area (TPSA) is 138 Å². The van der Waals surface area contributed by atoms with Gasteiger partial charge in [-0.2, -0.15) is 0 Å². The Balaban J connectivity index is 1.23. The van der Waals surface area contributed by atoms with Gasteiger partial charge in [-0.1, -0.05) is 35.9 Å². The predicted molar refractivity (Wildman–Crippen MR) is 196 cm³/mol. The van der Waals surface area contributed by atoms with Gasteiger partial charge in [0, 0.05) is 59.5 Å². The van der Waals surface area contributed by atoms with Gasteiger partial charge in [0.15, 0.2) is 0 Å². The fraction of sp³-hybridized carbons (Fsp3) is 0.278. The van der Waals surface area contributed by atoms with Crippen LogP contribution in [0.5, 0.6) is 0 Å². The number of sulfonamides is 1. The Morgan fingerprint density at radius 1 is 1.04 bits per heavy atom. The highest BCUT2D eigenvalue weighted by Crippen LogP contribution is 2.30. The van der Waals surface area contributed by atoms with E-state index < -0.39 is 20.9 Å². The van der Waals surface area contributed by atoms with Crippen LogP contribution in [-0.4, -0.2) is 74.7 Å². The number of nitrogens with zero attached hydrogens (tertiary/aromatic N) is 4. The lowest BCUT2D eigenvalue weighted by Crippen LogP contribution is -2.31. The minimum Gasteiger partial charge on any atom is -0.376 e. The van der Waals surface area contributed by atoms with Crippen molar-refractivity contribution in [3.8, 4) is 0 Å². The maximum absolute atomic E-state index is 13.2. The molecule has 13 heteroatoms. The van der Waals surface area contributed by atoms with Crippen LogP contribution in [0.3, 0.4) is 0 Å². The zero-order valence-electron chi connectivity index (χ0n) is 27.5. The first-order valence-corrected chi connectivity index (χ1v) is 18.4. The average molecular weight is 701 g/mol. The number of rotatable bonds is 14. The number of nitrogens with one attached hydrogen (secondary N) is 2. The van der Waals surface area contributed by atoms with Crippen LogP contribution in [0, 0.1) is 10.1 Å². The van der Waals surface area contributed by atoms with Crippen molar-refractivity contribution in [3.63, 3.8) is 0 Å². The van der Waals surface area contributed by atoms with E-state index in [1.807, 2.05) is 67.7 Å². The van der Waals surface area contributed by atoms with Gasteiger partial charge in [0.2, 0.25) is 0 Å². The summed E-state index contributed by atoms with van der Waals surface area (Å²) in [4.78, 5) is 33.6. The number of carbonyl (C=O) groups excluding carboxylic acids is 1. The van der Waals surface area contributed by atoms with Crippen molar-refractivity contribution in [1.82, 2.24) is 14.6 Å². The van der Waals surface area contributed by atoms with Crippen molar-refractivity contribution in [2.75, 3.05) is 49.7 Å². The maximum atomic E-state index is 13.2.